The van der Waals surface area contributed by atoms with Crippen LogP contribution >= 0.6 is 21.6 Å². The van der Waals surface area contributed by atoms with Crippen LogP contribution in [0.3, 0.4) is 0 Å². The molecule has 20 atom stereocenters. The second kappa shape index (κ2) is 20.2. The highest BCUT2D eigenvalue weighted by Crippen LogP contribution is 2.32. The molecule has 0 aliphatic carbocycles. The Morgan fingerprint density at radius 3 is 0.982 bits per heavy atom. The molecule has 0 aromatic rings. The highest BCUT2D eigenvalue weighted by molar-refractivity contribution is 8.76. The van der Waals surface area contributed by atoms with Crippen molar-refractivity contribution in [2.24, 2.45) is 0 Å². The van der Waals surface area contributed by atoms with E-state index in [2.05, 4.69) is 0 Å². The van der Waals surface area contributed by atoms with Crippen LogP contribution in [0, 0.1) is 0 Å². The van der Waals surface area contributed by atoms with Crippen LogP contribution in [0.2, 0.25) is 0 Å². The number of carboxylic acids is 4. The second-order valence-electron chi connectivity index (χ2n) is 12.5. The third-order valence-corrected chi connectivity index (χ3v) is 11.1. The first kappa shape index (κ1) is 46.5. The predicted octanol–water partition coefficient (Wildman–Crippen LogP) is -7.98. The lowest BCUT2D eigenvalue weighted by Gasteiger charge is -2.44. The van der Waals surface area contributed by atoms with E-state index < -0.39 is 147 Å². The number of aliphatic hydroxyl groups is 10. The minimum absolute atomic E-state index is 0.116. The van der Waals surface area contributed by atoms with E-state index in [4.69, 9.17) is 37.9 Å². The zero-order chi connectivity index (χ0) is 41.8. The van der Waals surface area contributed by atoms with E-state index in [0.717, 1.165) is 21.6 Å². The fourth-order valence-corrected chi connectivity index (χ4v) is 7.51. The van der Waals surface area contributed by atoms with Gasteiger partial charge in [0.25, 0.3) is 0 Å². The van der Waals surface area contributed by atoms with Gasteiger partial charge < -0.3 is 109 Å². The average Bonchev–Trinajstić information content (AvgIpc) is 3.13. The van der Waals surface area contributed by atoms with E-state index in [9.17, 15) is 90.7 Å². The summed E-state index contributed by atoms with van der Waals surface area (Å²) in [5.74, 6) is -6.72. The fraction of sp³-hybridized carbons (Fsp3) is 0.857. The lowest BCUT2D eigenvalue weighted by molar-refractivity contribution is -0.352. The molecule has 4 fully saturated rings. The number of carboxylic acid groups (broad SMARTS) is 4. The van der Waals surface area contributed by atoms with Gasteiger partial charge in [-0.1, -0.05) is 21.6 Å². The number of hydrogen-bond acceptors (Lipinski definition) is 24. The van der Waals surface area contributed by atoms with Crippen LogP contribution in [-0.4, -0.2) is 243 Å². The van der Waals surface area contributed by atoms with Crippen molar-refractivity contribution < 1.29 is 129 Å². The fourth-order valence-electron chi connectivity index (χ4n) is 5.83. The van der Waals surface area contributed by atoms with Crippen molar-refractivity contribution in [3.05, 3.63) is 0 Å². The Bertz CT molecular complexity index is 1250. The number of carbonyl (C=O) groups is 4. The first-order chi connectivity index (χ1) is 26.3. The maximum absolute atomic E-state index is 11.8. The minimum Gasteiger partial charge on any atom is -0.479 e. The number of aliphatic carboxylic acids is 4. The number of rotatable bonds is 17. The summed E-state index contributed by atoms with van der Waals surface area (Å²) in [7, 11) is 2.25. The first-order valence-corrected chi connectivity index (χ1v) is 18.9. The molecule has 26 nitrogen and oxygen atoms in total. The van der Waals surface area contributed by atoms with E-state index in [1.807, 2.05) is 0 Å². The van der Waals surface area contributed by atoms with Crippen molar-refractivity contribution in [1.29, 1.82) is 0 Å². The molecule has 0 saturated carbocycles. The second-order valence-corrected chi connectivity index (χ2v) is 15.2. The Labute approximate surface area is 321 Å². The summed E-state index contributed by atoms with van der Waals surface area (Å²) in [6.07, 6.45) is -40.7. The molecular formula is C28H42O26S2. The Kier molecular flexibility index (Phi) is 16.8. The topological polar surface area (TPSA) is 425 Å². The van der Waals surface area contributed by atoms with Crippen LogP contribution in [0.4, 0.5) is 0 Å². The predicted molar refractivity (Wildman–Crippen MR) is 172 cm³/mol. The van der Waals surface area contributed by atoms with Gasteiger partial charge in [0.15, 0.2) is 49.6 Å². The zero-order valence-corrected chi connectivity index (χ0v) is 30.0. The molecule has 4 rings (SSSR count). The summed E-state index contributed by atoms with van der Waals surface area (Å²) < 4.78 is 41.7. The molecule has 0 bridgehead atoms. The Hall–Kier alpha value is -2.14. The van der Waals surface area contributed by atoms with E-state index in [0.29, 0.717) is 0 Å². The van der Waals surface area contributed by atoms with Crippen molar-refractivity contribution in [2.45, 2.75) is 123 Å². The molecule has 0 amide bonds. The van der Waals surface area contributed by atoms with Crippen LogP contribution in [-0.2, 0) is 57.1 Å². The van der Waals surface area contributed by atoms with Gasteiger partial charge in [-0.05, 0) is 0 Å². The molecule has 14 N–H and O–H groups in total. The maximum Gasteiger partial charge on any atom is 0.335 e. The molecule has 0 unspecified atom stereocenters. The largest absolute Gasteiger partial charge is 0.479 e. The van der Waals surface area contributed by atoms with Crippen molar-refractivity contribution in [3.63, 3.8) is 0 Å². The summed E-state index contributed by atoms with van der Waals surface area (Å²) in [6, 6.07) is 0. The molecule has 0 radical (unpaired) electrons. The molecule has 28 heteroatoms. The standard InChI is InChI=1S/C28H42O26S2/c29-5-7(31)17(21(39)40)53-27(9(5)33)49-15-11(35)19(23(43)44)51-25(13(15)37)47-1-3-55-56-4-2-48-26-14(38)16(12(36)20(52-26)24(45)46)50-28-10(34)6(30)8(32)18(54-28)22(41)42/h5-20,25-38H,1-4H2,(H,39,40)(H,41,42)(H,43,44)(H,45,46)/t5-,6-,7+,8+,9+,10+,11+,12+,13+,14+,15-,16-,17-,18-,19-,20-,25-,26-,27-,28-/m0/s1. The van der Waals surface area contributed by atoms with Gasteiger partial charge in [-0.2, -0.15) is 0 Å². The van der Waals surface area contributed by atoms with Gasteiger partial charge in [0.05, 0.1) is 13.2 Å². The van der Waals surface area contributed by atoms with Gasteiger partial charge in [-0.3, -0.25) is 0 Å². The smallest absolute Gasteiger partial charge is 0.335 e. The lowest BCUT2D eigenvalue weighted by Crippen LogP contribution is -2.65. The minimum atomic E-state index is -2.13. The zero-order valence-electron chi connectivity index (χ0n) is 28.4. The highest BCUT2D eigenvalue weighted by atomic mass is 33.1. The Morgan fingerprint density at radius 2 is 0.679 bits per heavy atom. The van der Waals surface area contributed by atoms with Crippen molar-refractivity contribution in [1.82, 2.24) is 0 Å². The number of aliphatic hydroxyl groups excluding tert-OH is 10. The van der Waals surface area contributed by atoms with E-state index in [1.54, 1.807) is 0 Å². The van der Waals surface area contributed by atoms with E-state index in [1.165, 1.54) is 0 Å². The molecule has 4 heterocycles. The average molecular weight is 859 g/mol. The molecule has 322 valence electrons. The summed E-state index contributed by atoms with van der Waals surface area (Å²) >= 11 is 0. The number of hydrogen-bond donors (Lipinski definition) is 14. The Balaban J connectivity index is 1.26. The number of ether oxygens (including phenoxy) is 8. The van der Waals surface area contributed by atoms with Gasteiger partial charge in [0, 0.05) is 11.5 Å². The van der Waals surface area contributed by atoms with Gasteiger partial charge in [0.2, 0.25) is 0 Å². The van der Waals surface area contributed by atoms with Crippen molar-refractivity contribution >= 4 is 45.5 Å². The summed E-state index contributed by atoms with van der Waals surface area (Å²) in [4.78, 5) is 46.3. The third-order valence-electron chi connectivity index (χ3n) is 8.76. The summed E-state index contributed by atoms with van der Waals surface area (Å²) in [5.41, 5.74) is 0. The lowest BCUT2D eigenvalue weighted by atomic mass is 9.96. The molecule has 56 heavy (non-hydrogen) atoms. The van der Waals surface area contributed by atoms with Crippen LogP contribution in [0.1, 0.15) is 0 Å². The molecule has 0 aromatic carbocycles. The highest BCUT2D eigenvalue weighted by Gasteiger charge is 2.55. The molecule has 4 aliphatic heterocycles. The van der Waals surface area contributed by atoms with Crippen molar-refractivity contribution in [3.8, 4) is 0 Å². The maximum atomic E-state index is 11.8. The van der Waals surface area contributed by atoms with Gasteiger partial charge >= 0.3 is 23.9 Å². The van der Waals surface area contributed by atoms with Crippen LogP contribution in [0.25, 0.3) is 0 Å². The first-order valence-electron chi connectivity index (χ1n) is 16.4. The Morgan fingerprint density at radius 1 is 0.393 bits per heavy atom. The monoisotopic (exact) mass is 858 g/mol. The molecule has 4 saturated heterocycles. The molecular weight excluding hydrogens is 816 g/mol. The van der Waals surface area contributed by atoms with Crippen LogP contribution in [0.5, 0.6) is 0 Å². The van der Waals surface area contributed by atoms with Crippen LogP contribution in [0.15, 0.2) is 0 Å². The normalized spacial score (nSPS) is 44.5. The molecule has 4 aliphatic rings. The summed E-state index contributed by atoms with van der Waals surface area (Å²) in [5, 5.41) is 141. The van der Waals surface area contributed by atoms with Gasteiger partial charge in [0.1, 0.15) is 73.2 Å². The van der Waals surface area contributed by atoms with Gasteiger partial charge in [-0.25, -0.2) is 19.2 Å². The SMILES string of the molecule is O=C(O)[C@H]1O[C@H](O[C@H]2[C@@H](O)[C@@H](C(=O)O)O[C@H](OCCSSCCO[C@H]3O[C@H](C(=O)O)[C@H](O)[C@H](O[C@H]4O[C@H](C(=O)O)[C@H](O)[C@H](O)[C@H]4O)[C@H]3O)[C@@H]2O)[C@H](O)[C@@H](O)[C@H]1O. The third kappa shape index (κ3) is 10.5. The van der Waals surface area contributed by atoms with Crippen LogP contribution < -0.4 is 0 Å². The van der Waals surface area contributed by atoms with Gasteiger partial charge in [-0.15, -0.1) is 0 Å². The van der Waals surface area contributed by atoms with Crippen molar-refractivity contribution in [2.75, 3.05) is 24.7 Å². The quantitative estimate of drug-likeness (QED) is 0.0477. The molecule has 0 aromatic heterocycles. The van der Waals surface area contributed by atoms with E-state index in [-0.39, 0.29) is 24.7 Å². The summed E-state index contributed by atoms with van der Waals surface area (Å²) in [6.45, 7) is -0.482. The van der Waals surface area contributed by atoms with E-state index >= 15 is 0 Å². The molecule has 0 spiro atoms.